The first-order valence-electron chi connectivity index (χ1n) is 10.5. The molecule has 0 aliphatic carbocycles. The zero-order valence-corrected chi connectivity index (χ0v) is 17.3. The van der Waals surface area contributed by atoms with Crippen LogP contribution in [-0.4, -0.2) is 52.9 Å². The summed E-state index contributed by atoms with van der Waals surface area (Å²) < 4.78 is 18.4. The lowest BCUT2D eigenvalue weighted by Gasteiger charge is -2.31. The van der Waals surface area contributed by atoms with E-state index in [1.54, 1.807) is 11.2 Å². The molecule has 1 aliphatic heterocycles. The number of aromatic nitrogens is 2. The van der Waals surface area contributed by atoms with Crippen molar-refractivity contribution in [2.45, 2.75) is 39.0 Å². The average Bonchev–Trinajstić information content (AvgIpc) is 3.40. The second-order valence-corrected chi connectivity index (χ2v) is 7.31. The number of benzene rings is 1. The van der Waals surface area contributed by atoms with Crippen molar-refractivity contribution >= 4 is 23.1 Å². The van der Waals surface area contributed by atoms with Gasteiger partial charge in [-0.3, -0.25) is 0 Å². The minimum atomic E-state index is -0.225. The Kier molecular flexibility index (Phi) is 6.53. The molecule has 8 nitrogen and oxygen atoms in total. The molecule has 0 saturated carbocycles. The number of amides is 1. The number of nitrogens with zero attached hydrogens (tertiary/aromatic N) is 3. The molecule has 2 aromatic heterocycles. The third-order valence-corrected chi connectivity index (χ3v) is 5.29. The molecule has 3 heterocycles. The number of anilines is 1. The Balaban J connectivity index is 1.38. The third kappa shape index (κ3) is 4.76. The molecule has 1 amide bonds. The lowest BCUT2D eigenvalue weighted by Crippen LogP contribution is -2.43. The van der Waals surface area contributed by atoms with Gasteiger partial charge < -0.3 is 28.7 Å². The van der Waals surface area contributed by atoms with Crippen molar-refractivity contribution in [1.29, 1.82) is 0 Å². The van der Waals surface area contributed by atoms with E-state index < -0.39 is 0 Å². The van der Waals surface area contributed by atoms with Crippen LogP contribution in [-0.2, 0) is 22.6 Å². The molecule has 0 radical (unpaired) electrons. The third-order valence-electron chi connectivity index (χ3n) is 5.29. The molecular weight excluding hydrogens is 384 g/mol. The van der Waals surface area contributed by atoms with E-state index in [4.69, 9.17) is 18.9 Å². The summed E-state index contributed by atoms with van der Waals surface area (Å²) in [5.41, 5.74) is 2.03. The average molecular weight is 412 g/mol. The number of piperidine rings is 1. The quantitative estimate of drug-likeness (QED) is 0.566. The van der Waals surface area contributed by atoms with E-state index in [-0.39, 0.29) is 12.1 Å². The number of carbonyl (C=O) groups is 1. The predicted molar refractivity (Wildman–Crippen MR) is 113 cm³/mol. The van der Waals surface area contributed by atoms with Gasteiger partial charge in [0, 0.05) is 25.7 Å². The summed E-state index contributed by atoms with van der Waals surface area (Å²) in [5.74, 6) is 1.66. The molecule has 1 N–H and O–H groups in total. The lowest BCUT2D eigenvalue weighted by molar-refractivity contribution is 0.0977. The van der Waals surface area contributed by atoms with Gasteiger partial charge in [-0.2, -0.15) is 0 Å². The Morgan fingerprint density at radius 1 is 1.23 bits per heavy atom. The van der Waals surface area contributed by atoms with Crippen LogP contribution in [0.5, 0.6) is 0 Å². The highest BCUT2D eigenvalue weighted by atomic mass is 16.6. The Morgan fingerprint density at radius 3 is 2.83 bits per heavy atom. The normalized spacial score (nSPS) is 14.9. The highest BCUT2D eigenvalue weighted by Gasteiger charge is 2.24. The summed E-state index contributed by atoms with van der Waals surface area (Å²) in [7, 11) is 0. The first kappa shape index (κ1) is 20.3. The van der Waals surface area contributed by atoms with Crippen LogP contribution in [0, 0.1) is 0 Å². The number of imidazole rings is 1. The molecular formula is C22H28N4O4. The number of carbonyl (C=O) groups excluding carboxylic acids is 1. The fourth-order valence-electron chi connectivity index (χ4n) is 3.74. The largest absolute Gasteiger partial charge is 0.467 e. The van der Waals surface area contributed by atoms with E-state index in [0.29, 0.717) is 39.5 Å². The summed E-state index contributed by atoms with van der Waals surface area (Å²) in [6, 6.07) is 12.1. The number of furan rings is 1. The van der Waals surface area contributed by atoms with E-state index in [1.807, 2.05) is 37.3 Å². The monoisotopic (exact) mass is 412 g/mol. The number of ether oxygens (including phenoxy) is 2. The van der Waals surface area contributed by atoms with Gasteiger partial charge in [-0.15, -0.1) is 0 Å². The van der Waals surface area contributed by atoms with Crippen LogP contribution in [0.3, 0.4) is 0 Å². The Labute approximate surface area is 175 Å². The van der Waals surface area contributed by atoms with Crippen LogP contribution in [0.1, 0.15) is 25.5 Å². The molecule has 1 fully saturated rings. The van der Waals surface area contributed by atoms with Gasteiger partial charge in [0.25, 0.3) is 0 Å². The van der Waals surface area contributed by atoms with Crippen LogP contribution in [0.2, 0.25) is 0 Å². The molecule has 160 valence electrons. The van der Waals surface area contributed by atoms with Crippen LogP contribution >= 0.6 is 0 Å². The molecule has 8 heteroatoms. The van der Waals surface area contributed by atoms with Crippen molar-refractivity contribution in [2.75, 3.05) is 31.6 Å². The van der Waals surface area contributed by atoms with E-state index in [1.165, 1.54) is 0 Å². The van der Waals surface area contributed by atoms with Crippen LogP contribution in [0.4, 0.5) is 10.7 Å². The number of nitrogens with one attached hydrogen (secondary N) is 1. The number of likely N-dealkylation sites (tertiary alicyclic amines) is 1. The molecule has 4 rings (SSSR count). The van der Waals surface area contributed by atoms with Crippen molar-refractivity contribution in [3.8, 4) is 0 Å². The van der Waals surface area contributed by atoms with Crippen molar-refractivity contribution in [3.63, 3.8) is 0 Å². The van der Waals surface area contributed by atoms with Gasteiger partial charge in [-0.05, 0) is 44.0 Å². The maximum Gasteiger partial charge on any atom is 0.409 e. The second-order valence-electron chi connectivity index (χ2n) is 7.31. The van der Waals surface area contributed by atoms with Gasteiger partial charge in [0.15, 0.2) is 0 Å². The fraction of sp³-hybridized carbons (Fsp3) is 0.455. The van der Waals surface area contributed by atoms with E-state index >= 15 is 0 Å². The fourth-order valence-corrected chi connectivity index (χ4v) is 3.74. The number of hydrogen-bond donors (Lipinski definition) is 1. The van der Waals surface area contributed by atoms with Crippen LogP contribution in [0.15, 0.2) is 47.1 Å². The van der Waals surface area contributed by atoms with Crippen molar-refractivity contribution < 1.29 is 18.7 Å². The number of hydrogen-bond acceptors (Lipinski definition) is 6. The zero-order valence-electron chi connectivity index (χ0n) is 17.3. The SMILES string of the molecule is CCOC(=O)N1CCC(Nc2nc3ccccc3n2CCOCc2ccco2)CC1. The molecule has 1 aliphatic rings. The maximum absolute atomic E-state index is 11.9. The Bertz CT molecular complexity index is 945. The summed E-state index contributed by atoms with van der Waals surface area (Å²) in [6.07, 6.45) is 3.14. The standard InChI is InChI=1S/C22H28N4O4/c1-2-29-22(27)25-11-9-17(10-12-25)23-21-24-19-7-3-4-8-20(19)26(21)13-15-28-16-18-6-5-14-30-18/h3-8,14,17H,2,9-13,15-16H2,1H3,(H,23,24). The van der Waals surface area contributed by atoms with Crippen molar-refractivity contribution in [3.05, 3.63) is 48.4 Å². The number of rotatable bonds is 8. The minimum Gasteiger partial charge on any atom is -0.467 e. The first-order valence-corrected chi connectivity index (χ1v) is 10.5. The highest BCUT2D eigenvalue weighted by Crippen LogP contribution is 2.22. The zero-order chi connectivity index (χ0) is 20.8. The highest BCUT2D eigenvalue weighted by molar-refractivity contribution is 5.78. The van der Waals surface area contributed by atoms with E-state index in [2.05, 4.69) is 16.0 Å². The lowest BCUT2D eigenvalue weighted by atomic mass is 10.1. The minimum absolute atomic E-state index is 0.225. The van der Waals surface area contributed by atoms with E-state index in [0.717, 1.165) is 35.6 Å². The first-order chi connectivity index (χ1) is 14.7. The van der Waals surface area contributed by atoms with Crippen molar-refractivity contribution in [1.82, 2.24) is 14.5 Å². The van der Waals surface area contributed by atoms with Crippen molar-refractivity contribution in [2.24, 2.45) is 0 Å². The number of para-hydroxylation sites is 2. The van der Waals surface area contributed by atoms with Crippen LogP contribution in [0.25, 0.3) is 11.0 Å². The summed E-state index contributed by atoms with van der Waals surface area (Å²) in [6.45, 7) is 5.29. The van der Waals surface area contributed by atoms with Gasteiger partial charge >= 0.3 is 6.09 Å². The maximum atomic E-state index is 11.9. The topological polar surface area (TPSA) is 81.8 Å². The summed E-state index contributed by atoms with van der Waals surface area (Å²) in [4.78, 5) is 18.5. The Hall–Kier alpha value is -3.00. The molecule has 1 saturated heterocycles. The second kappa shape index (κ2) is 9.67. The molecule has 0 spiro atoms. The van der Waals surface area contributed by atoms with Crippen LogP contribution < -0.4 is 5.32 Å². The molecule has 1 aromatic carbocycles. The summed E-state index contributed by atoms with van der Waals surface area (Å²) in [5, 5.41) is 3.58. The van der Waals surface area contributed by atoms with Gasteiger partial charge in [0.05, 0.1) is 30.5 Å². The van der Waals surface area contributed by atoms with Gasteiger partial charge in [0.1, 0.15) is 12.4 Å². The molecule has 3 aromatic rings. The van der Waals surface area contributed by atoms with Gasteiger partial charge in [0.2, 0.25) is 5.95 Å². The van der Waals surface area contributed by atoms with E-state index in [9.17, 15) is 4.79 Å². The molecule has 30 heavy (non-hydrogen) atoms. The number of fused-ring (bicyclic) bond motifs is 1. The predicted octanol–water partition coefficient (Wildman–Crippen LogP) is 3.88. The molecule has 0 unspecified atom stereocenters. The smallest absolute Gasteiger partial charge is 0.409 e. The Morgan fingerprint density at radius 2 is 2.07 bits per heavy atom. The molecule has 0 atom stereocenters. The van der Waals surface area contributed by atoms with Gasteiger partial charge in [-0.25, -0.2) is 9.78 Å². The van der Waals surface area contributed by atoms with Gasteiger partial charge in [-0.1, -0.05) is 12.1 Å². The summed E-state index contributed by atoms with van der Waals surface area (Å²) >= 11 is 0. The molecule has 0 bridgehead atoms.